The maximum Gasteiger partial charge on any atom is 0.174 e. The molecule has 3 rings (SSSR count). The third-order valence-electron chi connectivity index (χ3n) is 5.18. The molecule has 0 aliphatic heterocycles. The van der Waals surface area contributed by atoms with E-state index in [1.807, 2.05) is 63.2 Å². The maximum atomic E-state index is 14.5. The van der Waals surface area contributed by atoms with Crippen LogP contribution in [0.3, 0.4) is 0 Å². The summed E-state index contributed by atoms with van der Waals surface area (Å²) in [6.45, 7) is 5.77. The highest BCUT2D eigenvalue weighted by Crippen LogP contribution is 2.57. The Balaban J connectivity index is 2.23. The molecule has 0 amide bonds. The molecule has 0 spiro atoms. The van der Waals surface area contributed by atoms with Gasteiger partial charge in [-0.25, -0.2) is 0 Å². The van der Waals surface area contributed by atoms with Crippen molar-refractivity contribution in [2.75, 3.05) is 13.2 Å². The lowest BCUT2D eigenvalue weighted by Gasteiger charge is -2.28. The quantitative estimate of drug-likeness (QED) is 0.578. The molecule has 0 bridgehead atoms. The van der Waals surface area contributed by atoms with E-state index in [0.717, 1.165) is 16.7 Å². The zero-order chi connectivity index (χ0) is 21.0. The normalized spacial score (nSPS) is 12.6. The molecule has 0 saturated heterocycles. The van der Waals surface area contributed by atoms with E-state index in [-0.39, 0.29) is 13.2 Å². The van der Waals surface area contributed by atoms with Gasteiger partial charge in [0.05, 0.1) is 6.61 Å². The molecule has 1 atom stereocenters. The second-order valence-corrected chi connectivity index (χ2v) is 9.99. The molecule has 0 saturated carbocycles. The summed E-state index contributed by atoms with van der Waals surface area (Å²) in [5.41, 5.74) is 3.13. The summed E-state index contributed by atoms with van der Waals surface area (Å²) >= 11 is 0. The number of rotatable bonds is 7. The summed E-state index contributed by atoms with van der Waals surface area (Å²) in [7, 11) is -3.40. The van der Waals surface area contributed by atoms with Crippen molar-refractivity contribution in [1.82, 2.24) is 0 Å². The molecule has 0 aliphatic rings. The van der Waals surface area contributed by atoms with E-state index >= 15 is 0 Å². The zero-order valence-corrected chi connectivity index (χ0v) is 17.9. The third kappa shape index (κ3) is 4.02. The molecule has 5 heteroatoms. The number of aliphatic hydroxyl groups excluding tert-OH is 2. The van der Waals surface area contributed by atoms with Crippen LogP contribution in [-0.2, 0) is 4.57 Å². The van der Waals surface area contributed by atoms with Gasteiger partial charge in [0.1, 0.15) is 18.2 Å². The third-order valence-corrected chi connectivity index (χ3v) is 8.26. The Hall–Kier alpha value is -2.39. The topological polar surface area (TPSA) is 66.8 Å². The van der Waals surface area contributed by atoms with Crippen LogP contribution in [0.4, 0.5) is 0 Å². The highest BCUT2D eigenvalue weighted by molar-refractivity contribution is 7.78. The molecule has 0 aromatic heterocycles. The van der Waals surface area contributed by atoms with Gasteiger partial charge in [0, 0.05) is 10.6 Å². The molecule has 0 aliphatic carbocycles. The molecule has 29 heavy (non-hydrogen) atoms. The van der Waals surface area contributed by atoms with Gasteiger partial charge in [-0.2, -0.15) is 0 Å². The van der Waals surface area contributed by atoms with Crippen LogP contribution < -0.4 is 15.3 Å². The number of hydrogen-bond acceptors (Lipinski definition) is 4. The Bertz CT molecular complexity index is 973. The number of aliphatic hydroxyl groups is 2. The summed E-state index contributed by atoms with van der Waals surface area (Å²) in [5, 5.41) is 21.9. The molecular formula is C24H27O4P. The summed E-state index contributed by atoms with van der Waals surface area (Å²) in [6, 6.07) is 20.2. The number of hydrogen-bond donors (Lipinski definition) is 2. The van der Waals surface area contributed by atoms with Crippen molar-refractivity contribution in [3.63, 3.8) is 0 Å². The fraction of sp³-hybridized carbons (Fsp3) is 0.250. The van der Waals surface area contributed by atoms with E-state index in [1.165, 1.54) is 0 Å². The minimum absolute atomic E-state index is 0.100. The number of benzene rings is 3. The molecule has 3 aromatic carbocycles. The molecule has 0 heterocycles. The monoisotopic (exact) mass is 410 g/mol. The summed E-state index contributed by atoms with van der Waals surface area (Å²) < 4.78 is 20.2. The maximum absolute atomic E-state index is 14.5. The summed E-state index contributed by atoms with van der Waals surface area (Å²) in [4.78, 5) is 0. The number of ether oxygens (including phenoxy) is 1. The van der Waals surface area contributed by atoms with Gasteiger partial charge in [-0.3, -0.25) is 0 Å². The Morgan fingerprint density at radius 3 is 1.90 bits per heavy atom. The molecule has 0 radical (unpaired) electrons. The first kappa shape index (κ1) is 21.3. The van der Waals surface area contributed by atoms with Crippen LogP contribution in [0.25, 0.3) is 0 Å². The van der Waals surface area contributed by atoms with E-state index in [4.69, 9.17) is 9.84 Å². The van der Waals surface area contributed by atoms with Crippen LogP contribution in [0.1, 0.15) is 28.1 Å². The lowest BCUT2D eigenvalue weighted by Crippen LogP contribution is -2.22. The number of aryl methyl sites for hydroxylation is 2. The summed E-state index contributed by atoms with van der Waals surface area (Å²) in [6.07, 6.45) is 0. The molecule has 0 fully saturated rings. The van der Waals surface area contributed by atoms with Crippen LogP contribution in [0.5, 0.6) is 5.75 Å². The van der Waals surface area contributed by atoms with Gasteiger partial charge in [-0.1, -0.05) is 66.7 Å². The smallest absolute Gasteiger partial charge is 0.174 e. The molecule has 3 aromatic rings. The minimum Gasteiger partial charge on any atom is -0.491 e. The SMILES string of the molecule is Cc1cc(C)c(C(O)P(=O)(c2ccccc2)c2ccccc2)c(C)c1OCCO. The van der Waals surface area contributed by atoms with Gasteiger partial charge in [-0.05, 0) is 43.0 Å². The average molecular weight is 410 g/mol. The van der Waals surface area contributed by atoms with Crippen molar-refractivity contribution < 1.29 is 19.5 Å². The van der Waals surface area contributed by atoms with E-state index in [0.29, 0.717) is 21.9 Å². The predicted octanol–water partition coefficient (Wildman–Crippen LogP) is 3.99. The van der Waals surface area contributed by atoms with Crippen molar-refractivity contribution in [3.05, 3.63) is 89.0 Å². The van der Waals surface area contributed by atoms with Crippen molar-refractivity contribution >= 4 is 17.8 Å². The first-order valence-electron chi connectivity index (χ1n) is 9.64. The Kier molecular flexibility index (Phi) is 6.59. The van der Waals surface area contributed by atoms with Crippen molar-refractivity contribution in [2.45, 2.75) is 26.6 Å². The highest BCUT2D eigenvalue weighted by Gasteiger charge is 2.38. The predicted molar refractivity (Wildman–Crippen MR) is 118 cm³/mol. The van der Waals surface area contributed by atoms with Gasteiger partial charge in [0.2, 0.25) is 0 Å². The second-order valence-electron chi connectivity index (χ2n) is 7.15. The Morgan fingerprint density at radius 1 is 0.897 bits per heavy atom. The lowest BCUT2D eigenvalue weighted by molar-refractivity contribution is 0.199. The molecule has 4 nitrogen and oxygen atoms in total. The van der Waals surface area contributed by atoms with Crippen LogP contribution >= 0.6 is 7.14 Å². The molecular weight excluding hydrogens is 383 g/mol. The van der Waals surface area contributed by atoms with Crippen molar-refractivity contribution in [1.29, 1.82) is 0 Å². The van der Waals surface area contributed by atoms with Gasteiger partial charge in [-0.15, -0.1) is 0 Å². The standard InChI is InChI=1S/C24H27O4P/c1-17-16-18(2)23(28-15-14-25)19(3)22(17)24(26)29(27,20-10-6-4-7-11-20)21-12-8-5-9-13-21/h4-13,16,24-26H,14-15H2,1-3H3. The Labute approximate surface area is 172 Å². The minimum atomic E-state index is -3.40. The van der Waals surface area contributed by atoms with E-state index < -0.39 is 13.0 Å². The van der Waals surface area contributed by atoms with E-state index in [1.54, 1.807) is 24.3 Å². The fourth-order valence-corrected chi connectivity index (χ4v) is 6.72. The average Bonchev–Trinajstić information content (AvgIpc) is 2.74. The van der Waals surface area contributed by atoms with Crippen LogP contribution in [0.15, 0.2) is 66.7 Å². The van der Waals surface area contributed by atoms with Gasteiger partial charge in [0.15, 0.2) is 7.14 Å². The zero-order valence-electron chi connectivity index (χ0n) is 17.0. The fourth-order valence-electron chi connectivity index (χ4n) is 3.86. The second kappa shape index (κ2) is 8.96. The Morgan fingerprint density at radius 2 is 1.41 bits per heavy atom. The van der Waals surface area contributed by atoms with Crippen LogP contribution in [-0.4, -0.2) is 23.4 Å². The van der Waals surface area contributed by atoms with Crippen molar-refractivity contribution in [3.8, 4) is 5.75 Å². The van der Waals surface area contributed by atoms with Crippen LogP contribution in [0.2, 0.25) is 0 Å². The molecule has 2 N–H and O–H groups in total. The van der Waals surface area contributed by atoms with Gasteiger partial charge < -0.3 is 19.5 Å². The van der Waals surface area contributed by atoms with Gasteiger partial charge in [0.25, 0.3) is 0 Å². The van der Waals surface area contributed by atoms with E-state index in [9.17, 15) is 9.67 Å². The highest BCUT2D eigenvalue weighted by atomic mass is 31.2. The lowest BCUT2D eigenvalue weighted by atomic mass is 9.99. The molecule has 1 unspecified atom stereocenters. The van der Waals surface area contributed by atoms with Crippen LogP contribution in [0, 0.1) is 20.8 Å². The molecule has 152 valence electrons. The van der Waals surface area contributed by atoms with Crippen molar-refractivity contribution in [2.24, 2.45) is 0 Å². The first-order valence-corrected chi connectivity index (χ1v) is 11.4. The van der Waals surface area contributed by atoms with E-state index in [2.05, 4.69) is 0 Å². The largest absolute Gasteiger partial charge is 0.491 e. The van der Waals surface area contributed by atoms with Gasteiger partial charge >= 0.3 is 0 Å². The summed E-state index contributed by atoms with van der Waals surface area (Å²) in [5.74, 6) is -0.601. The first-order chi connectivity index (χ1) is 13.9.